The molecule has 0 aliphatic rings. The van der Waals surface area contributed by atoms with Gasteiger partial charge in [-0.2, -0.15) is 5.10 Å². The van der Waals surface area contributed by atoms with Gasteiger partial charge in [0.25, 0.3) is 5.91 Å². The Labute approximate surface area is 111 Å². The standard InChI is InChI=1S/C13H17N5O/c1-14-7-3-8-15-13(19)11-5-2-6-12(17-11)18-10-4-9-16-18/h2,4-6,9-10,14H,3,7-8H2,1H3,(H,15,19). The van der Waals surface area contributed by atoms with E-state index in [0.29, 0.717) is 18.1 Å². The summed E-state index contributed by atoms with van der Waals surface area (Å²) in [6, 6.07) is 7.11. The molecular formula is C13H17N5O. The monoisotopic (exact) mass is 259 g/mol. The zero-order chi connectivity index (χ0) is 13.5. The van der Waals surface area contributed by atoms with Gasteiger partial charge in [-0.3, -0.25) is 4.79 Å². The zero-order valence-electron chi connectivity index (χ0n) is 10.8. The van der Waals surface area contributed by atoms with Crippen molar-refractivity contribution in [2.24, 2.45) is 0 Å². The van der Waals surface area contributed by atoms with Gasteiger partial charge in [-0.25, -0.2) is 9.67 Å². The lowest BCUT2D eigenvalue weighted by molar-refractivity contribution is 0.0948. The van der Waals surface area contributed by atoms with Crippen molar-refractivity contribution in [3.05, 3.63) is 42.4 Å². The number of amides is 1. The summed E-state index contributed by atoms with van der Waals surface area (Å²) in [6.07, 6.45) is 4.35. The summed E-state index contributed by atoms with van der Waals surface area (Å²) in [5.74, 6) is 0.470. The highest BCUT2D eigenvalue weighted by atomic mass is 16.1. The summed E-state index contributed by atoms with van der Waals surface area (Å²) in [4.78, 5) is 16.2. The number of nitrogens with one attached hydrogen (secondary N) is 2. The Morgan fingerprint density at radius 2 is 2.21 bits per heavy atom. The fraction of sp³-hybridized carbons (Fsp3) is 0.308. The number of hydrogen-bond acceptors (Lipinski definition) is 4. The fourth-order valence-corrected chi connectivity index (χ4v) is 1.64. The van der Waals surface area contributed by atoms with E-state index in [4.69, 9.17) is 0 Å². The average Bonchev–Trinajstić information content (AvgIpc) is 2.98. The largest absolute Gasteiger partial charge is 0.351 e. The van der Waals surface area contributed by atoms with Gasteiger partial charge in [0.05, 0.1) is 0 Å². The average molecular weight is 259 g/mol. The van der Waals surface area contributed by atoms with Crippen molar-refractivity contribution in [3.8, 4) is 5.82 Å². The Morgan fingerprint density at radius 3 is 2.95 bits per heavy atom. The highest BCUT2D eigenvalue weighted by molar-refractivity contribution is 5.92. The third-order valence-electron chi connectivity index (χ3n) is 2.60. The van der Waals surface area contributed by atoms with Crippen molar-refractivity contribution in [3.63, 3.8) is 0 Å². The molecule has 0 aliphatic heterocycles. The lowest BCUT2D eigenvalue weighted by Crippen LogP contribution is -2.27. The van der Waals surface area contributed by atoms with E-state index in [2.05, 4.69) is 20.7 Å². The third kappa shape index (κ3) is 3.62. The maximum atomic E-state index is 11.9. The molecule has 2 heterocycles. The second-order valence-electron chi connectivity index (χ2n) is 4.04. The van der Waals surface area contributed by atoms with Crippen LogP contribution in [0, 0.1) is 0 Å². The predicted molar refractivity (Wildman–Crippen MR) is 72.2 cm³/mol. The normalized spacial score (nSPS) is 10.4. The first kappa shape index (κ1) is 13.2. The molecule has 6 nitrogen and oxygen atoms in total. The predicted octanol–water partition coefficient (Wildman–Crippen LogP) is 0.607. The molecule has 0 aromatic carbocycles. The molecule has 2 aromatic heterocycles. The Bertz CT molecular complexity index is 524. The minimum atomic E-state index is -0.162. The van der Waals surface area contributed by atoms with Gasteiger partial charge >= 0.3 is 0 Å². The summed E-state index contributed by atoms with van der Waals surface area (Å²) in [5.41, 5.74) is 0.400. The van der Waals surface area contributed by atoms with Gasteiger partial charge in [0.1, 0.15) is 5.69 Å². The van der Waals surface area contributed by atoms with Crippen molar-refractivity contribution in [2.45, 2.75) is 6.42 Å². The first-order valence-electron chi connectivity index (χ1n) is 6.21. The first-order valence-corrected chi connectivity index (χ1v) is 6.21. The van der Waals surface area contributed by atoms with E-state index < -0.39 is 0 Å². The maximum Gasteiger partial charge on any atom is 0.269 e. The number of aromatic nitrogens is 3. The highest BCUT2D eigenvalue weighted by Gasteiger charge is 2.07. The SMILES string of the molecule is CNCCCNC(=O)c1cccc(-n2cccn2)n1. The molecule has 100 valence electrons. The van der Waals surface area contributed by atoms with Crippen LogP contribution < -0.4 is 10.6 Å². The summed E-state index contributed by atoms with van der Waals surface area (Å²) >= 11 is 0. The van der Waals surface area contributed by atoms with E-state index >= 15 is 0 Å². The molecule has 0 radical (unpaired) electrons. The summed E-state index contributed by atoms with van der Waals surface area (Å²) in [5, 5.41) is 9.95. The van der Waals surface area contributed by atoms with E-state index in [1.54, 1.807) is 29.2 Å². The van der Waals surface area contributed by atoms with E-state index in [9.17, 15) is 4.79 Å². The first-order chi connectivity index (χ1) is 9.31. The number of carbonyl (C=O) groups is 1. The van der Waals surface area contributed by atoms with Crippen LogP contribution in [0.3, 0.4) is 0 Å². The molecule has 2 rings (SSSR count). The molecule has 0 aliphatic carbocycles. The van der Waals surface area contributed by atoms with E-state index in [-0.39, 0.29) is 5.91 Å². The Morgan fingerprint density at radius 1 is 1.32 bits per heavy atom. The van der Waals surface area contributed by atoms with Crippen LogP contribution in [0.5, 0.6) is 0 Å². The van der Waals surface area contributed by atoms with Gasteiger partial charge in [-0.15, -0.1) is 0 Å². The molecule has 19 heavy (non-hydrogen) atoms. The molecule has 2 N–H and O–H groups in total. The Kier molecular flexibility index (Phi) is 4.63. The number of pyridine rings is 1. The molecular weight excluding hydrogens is 242 g/mol. The van der Waals surface area contributed by atoms with Crippen LogP contribution in [-0.2, 0) is 0 Å². The molecule has 0 saturated heterocycles. The van der Waals surface area contributed by atoms with Gasteiger partial charge in [-0.05, 0) is 38.2 Å². The van der Waals surface area contributed by atoms with E-state index in [1.807, 2.05) is 19.2 Å². The highest BCUT2D eigenvalue weighted by Crippen LogP contribution is 2.04. The number of hydrogen-bond donors (Lipinski definition) is 2. The maximum absolute atomic E-state index is 11.9. The molecule has 0 atom stereocenters. The lowest BCUT2D eigenvalue weighted by atomic mass is 10.3. The van der Waals surface area contributed by atoms with E-state index in [1.165, 1.54) is 0 Å². The van der Waals surface area contributed by atoms with Crippen molar-refractivity contribution in [2.75, 3.05) is 20.1 Å². The van der Waals surface area contributed by atoms with Gasteiger partial charge in [0, 0.05) is 18.9 Å². The van der Waals surface area contributed by atoms with Crippen LogP contribution in [-0.4, -0.2) is 40.8 Å². The van der Waals surface area contributed by atoms with Crippen LogP contribution in [0.4, 0.5) is 0 Å². The molecule has 0 bridgehead atoms. The minimum absolute atomic E-state index is 0.162. The Balaban J connectivity index is 2.00. The van der Waals surface area contributed by atoms with Crippen molar-refractivity contribution in [1.82, 2.24) is 25.4 Å². The molecule has 0 saturated carbocycles. The summed E-state index contributed by atoms with van der Waals surface area (Å²) in [6.45, 7) is 1.51. The fourth-order valence-electron chi connectivity index (χ4n) is 1.64. The summed E-state index contributed by atoms with van der Waals surface area (Å²) < 4.78 is 1.62. The van der Waals surface area contributed by atoms with E-state index in [0.717, 1.165) is 13.0 Å². The quantitative estimate of drug-likeness (QED) is 0.745. The number of carbonyl (C=O) groups excluding carboxylic acids is 1. The van der Waals surface area contributed by atoms with Crippen LogP contribution in [0.15, 0.2) is 36.7 Å². The molecule has 2 aromatic rings. The zero-order valence-corrected chi connectivity index (χ0v) is 10.8. The number of nitrogens with zero attached hydrogens (tertiary/aromatic N) is 3. The van der Waals surface area contributed by atoms with Crippen molar-refractivity contribution < 1.29 is 4.79 Å². The second kappa shape index (κ2) is 6.65. The second-order valence-corrected chi connectivity index (χ2v) is 4.04. The van der Waals surface area contributed by atoms with Crippen LogP contribution in [0.2, 0.25) is 0 Å². The molecule has 1 amide bonds. The summed E-state index contributed by atoms with van der Waals surface area (Å²) in [7, 11) is 1.89. The topological polar surface area (TPSA) is 71.8 Å². The lowest BCUT2D eigenvalue weighted by Gasteiger charge is -2.06. The van der Waals surface area contributed by atoms with Crippen molar-refractivity contribution >= 4 is 5.91 Å². The van der Waals surface area contributed by atoms with Gasteiger partial charge < -0.3 is 10.6 Å². The molecule has 0 fully saturated rings. The third-order valence-corrected chi connectivity index (χ3v) is 2.60. The van der Waals surface area contributed by atoms with Crippen LogP contribution >= 0.6 is 0 Å². The molecule has 6 heteroatoms. The van der Waals surface area contributed by atoms with Gasteiger partial charge in [0.15, 0.2) is 5.82 Å². The smallest absolute Gasteiger partial charge is 0.269 e. The van der Waals surface area contributed by atoms with Crippen LogP contribution in [0.25, 0.3) is 5.82 Å². The Hall–Kier alpha value is -2.21. The van der Waals surface area contributed by atoms with Crippen LogP contribution in [0.1, 0.15) is 16.9 Å². The van der Waals surface area contributed by atoms with Crippen molar-refractivity contribution in [1.29, 1.82) is 0 Å². The van der Waals surface area contributed by atoms with Gasteiger partial charge in [0.2, 0.25) is 0 Å². The molecule has 0 unspecified atom stereocenters. The minimum Gasteiger partial charge on any atom is -0.351 e. The van der Waals surface area contributed by atoms with Gasteiger partial charge in [-0.1, -0.05) is 6.07 Å². The number of rotatable bonds is 6. The molecule has 0 spiro atoms.